The third kappa shape index (κ3) is 4.94. The molecule has 0 radical (unpaired) electrons. The summed E-state index contributed by atoms with van der Waals surface area (Å²) in [6.07, 6.45) is 1.67. The van der Waals surface area contributed by atoms with Crippen LogP contribution in [-0.2, 0) is 4.74 Å². The number of hydrogen-bond acceptors (Lipinski definition) is 3. The van der Waals surface area contributed by atoms with Crippen LogP contribution in [0.25, 0.3) is 0 Å². The molecular weight excluding hydrogens is 250 g/mol. The van der Waals surface area contributed by atoms with Crippen LogP contribution < -0.4 is 5.32 Å². The predicted octanol–water partition coefficient (Wildman–Crippen LogP) is 2.78. The Bertz CT molecular complexity index is 323. The molecule has 0 saturated heterocycles. The Morgan fingerprint density at radius 3 is 2.50 bits per heavy atom. The Labute approximate surface area is 114 Å². The highest BCUT2D eigenvalue weighted by Gasteiger charge is 2.15. The van der Waals surface area contributed by atoms with Crippen molar-refractivity contribution in [3.63, 3.8) is 0 Å². The molecule has 2 N–H and O–H groups in total. The molecule has 0 amide bonds. The fourth-order valence-corrected chi connectivity index (χ4v) is 2.13. The molecule has 2 atom stereocenters. The van der Waals surface area contributed by atoms with Gasteiger partial charge in [0.15, 0.2) is 0 Å². The summed E-state index contributed by atoms with van der Waals surface area (Å²) in [6, 6.07) is 8.30. The van der Waals surface area contributed by atoms with Gasteiger partial charge >= 0.3 is 0 Å². The summed E-state index contributed by atoms with van der Waals surface area (Å²) in [5, 5.41) is 13.3. The lowest BCUT2D eigenvalue weighted by Gasteiger charge is -2.24. The molecule has 0 aliphatic heterocycles. The van der Waals surface area contributed by atoms with Crippen molar-refractivity contribution in [2.45, 2.75) is 31.8 Å². The van der Waals surface area contributed by atoms with E-state index in [0.29, 0.717) is 13.0 Å². The molecule has 0 spiro atoms. The number of methoxy groups -OCH3 is 1. The summed E-state index contributed by atoms with van der Waals surface area (Å²) in [6.45, 7) is 2.90. The zero-order valence-electron chi connectivity index (χ0n) is 11.0. The van der Waals surface area contributed by atoms with Crippen molar-refractivity contribution in [3.05, 3.63) is 34.9 Å². The number of halogens is 1. The number of aliphatic hydroxyl groups excluding tert-OH is 1. The Kier molecular flexibility index (Phi) is 7.28. The van der Waals surface area contributed by atoms with Crippen LogP contribution >= 0.6 is 11.6 Å². The highest BCUT2D eigenvalue weighted by atomic mass is 35.5. The first kappa shape index (κ1) is 15.4. The number of ether oxygens (including phenoxy) is 1. The minimum Gasteiger partial charge on any atom is -0.396 e. The summed E-state index contributed by atoms with van der Waals surface area (Å²) >= 11 is 5.89. The van der Waals surface area contributed by atoms with Crippen LogP contribution in [0.5, 0.6) is 0 Å². The smallest absolute Gasteiger partial charge is 0.0616 e. The van der Waals surface area contributed by atoms with E-state index in [1.54, 1.807) is 7.11 Å². The molecular formula is C14H22ClNO2. The minimum absolute atomic E-state index is 0.165. The first-order valence-electron chi connectivity index (χ1n) is 6.32. The van der Waals surface area contributed by atoms with E-state index in [2.05, 4.69) is 12.2 Å². The van der Waals surface area contributed by atoms with Gasteiger partial charge in [-0.2, -0.15) is 0 Å². The van der Waals surface area contributed by atoms with Crippen molar-refractivity contribution in [1.82, 2.24) is 5.32 Å². The molecule has 0 aliphatic carbocycles. The van der Waals surface area contributed by atoms with Crippen molar-refractivity contribution in [2.24, 2.45) is 0 Å². The number of aliphatic hydroxyl groups is 1. The SMILES string of the molecule is CCC(NC(CCO)COC)c1ccc(Cl)cc1. The van der Waals surface area contributed by atoms with Crippen LogP contribution in [0.15, 0.2) is 24.3 Å². The molecule has 2 unspecified atom stereocenters. The van der Waals surface area contributed by atoms with Crippen molar-refractivity contribution in [1.29, 1.82) is 0 Å². The maximum atomic E-state index is 9.04. The molecule has 1 rings (SSSR count). The monoisotopic (exact) mass is 271 g/mol. The van der Waals surface area contributed by atoms with Gasteiger partial charge in [0.1, 0.15) is 0 Å². The van der Waals surface area contributed by atoms with Crippen LogP contribution in [0.2, 0.25) is 5.02 Å². The Morgan fingerprint density at radius 1 is 1.33 bits per heavy atom. The van der Waals surface area contributed by atoms with E-state index in [1.807, 2.05) is 24.3 Å². The Balaban J connectivity index is 2.67. The summed E-state index contributed by atoms with van der Waals surface area (Å²) in [5.74, 6) is 0. The van der Waals surface area contributed by atoms with E-state index in [4.69, 9.17) is 21.4 Å². The number of nitrogens with one attached hydrogen (secondary N) is 1. The van der Waals surface area contributed by atoms with Crippen LogP contribution in [-0.4, -0.2) is 31.5 Å². The minimum atomic E-state index is 0.165. The molecule has 0 aromatic heterocycles. The lowest BCUT2D eigenvalue weighted by molar-refractivity contribution is 0.142. The van der Waals surface area contributed by atoms with Crippen molar-refractivity contribution >= 4 is 11.6 Å². The van der Waals surface area contributed by atoms with Gasteiger partial charge in [0.25, 0.3) is 0 Å². The van der Waals surface area contributed by atoms with Crippen molar-refractivity contribution in [3.8, 4) is 0 Å². The van der Waals surface area contributed by atoms with Crippen LogP contribution in [0, 0.1) is 0 Å². The van der Waals surface area contributed by atoms with Crippen molar-refractivity contribution in [2.75, 3.05) is 20.3 Å². The molecule has 0 fully saturated rings. The molecule has 0 saturated carbocycles. The second-order valence-electron chi connectivity index (χ2n) is 4.34. The first-order chi connectivity index (χ1) is 8.71. The van der Waals surface area contributed by atoms with Crippen LogP contribution in [0.3, 0.4) is 0 Å². The van der Waals surface area contributed by atoms with E-state index in [0.717, 1.165) is 11.4 Å². The van der Waals surface area contributed by atoms with E-state index in [1.165, 1.54) is 5.56 Å². The van der Waals surface area contributed by atoms with Gasteiger partial charge in [0, 0.05) is 30.8 Å². The maximum Gasteiger partial charge on any atom is 0.0616 e. The molecule has 0 aliphatic rings. The van der Waals surface area contributed by atoms with Gasteiger partial charge in [-0.25, -0.2) is 0 Å². The number of rotatable bonds is 8. The van der Waals surface area contributed by atoms with Gasteiger partial charge in [-0.05, 0) is 30.5 Å². The van der Waals surface area contributed by atoms with Gasteiger partial charge in [-0.15, -0.1) is 0 Å². The quantitative estimate of drug-likeness (QED) is 0.764. The van der Waals surface area contributed by atoms with E-state index < -0.39 is 0 Å². The standard InChI is InChI=1S/C14H22ClNO2/c1-3-14(11-4-6-12(15)7-5-11)16-13(8-9-17)10-18-2/h4-7,13-14,16-17H,3,8-10H2,1-2H3. The van der Waals surface area contributed by atoms with Gasteiger partial charge in [0.05, 0.1) is 6.61 Å². The van der Waals surface area contributed by atoms with Crippen molar-refractivity contribution < 1.29 is 9.84 Å². The highest BCUT2D eigenvalue weighted by Crippen LogP contribution is 2.20. The zero-order valence-corrected chi connectivity index (χ0v) is 11.8. The largest absolute Gasteiger partial charge is 0.396 e. The van der Waals surface area contributed by atoms with Gasteiger partial charge in [0.2, 0.25) is 0 Å². The molecule has 1 aromatic carbocycles. The van der Waals surface area contributed by atoms with E-state index in [9.17, 15) is 0 Å². The lowest BCUT2D eigenvalue weighted by Crippen LogP contribution is -2.36. The Hall–Kier alpha value is -0.610. The fraction of sp³-hybridized carbons (Fsp3) is 0.571. The summed E-state index contributed by atoms with van der Waals surface area (Å²) in [7, 11) is 1.68. The highest BCUT2D eigenvalue weighted by molar-refractivity contribution is 6.30. The summed E-state index contributed by atoms with van der Waals surface area (Å²) in [4.78, 5) is 0. The summed E-state index contributed by atoms with van der Waals surface area (Å²) in [5.41, 5.74) is 1.21. The molecule has 3 nitrogen and oxygen atoms in total. The van der Waals surface area contributed by atoms with E-state index in [-0.39, 0.29) is 18.7 Å². The van der Waals surface area contributed by atoms with Gasteiger partial charge in [-0.1, -0.05) is 30.7 Å². The molecule has 0 heterocycles. The zero-order chi connectivity index (χ0) is 13.4. The normalized spacial score (nSPS) is 14.4. The molecule has 102 valence electrons. The second-order valence-corrected chi connectivity index (χ2v) is 4.78. The number of hydrogen-bond donors (Lipinski definition) is 2. The first-order valence-corrected chi connectivity index (χ1v) is 6.70. The molecule has 1 aromatic rings. The second kappa shape index (κ2) is 8.48. The molecule has 18 heavy (non-hydrogen) atoms. The van der Waals surface area contributed by atoms with Gasteiger partial charge < -0.3 is 15.2 Å². The molecule has 0 bridgehead atoms. The average Bonchev–Trinajstić information content (AvgIpc) is 2.37. The topological polar surface area (TPSA) is 41.5 Å². The van der Waals surface area contributed by atoms with Gasteiger partial charge in [-0.3, -0.25) is 0 Å². The third-order valence-electron chi connectivity index (χ3n) is 2.96. The van der Waals surface area contributed by atoms with E-state index >= 15 is 0 Å². The Morgan fingerprint density at radius 2 is 2.00 bits per heavy atom. The lowest BCUT2D eigenvalue weighted by atomic mass is 10.0. The molecule has 4 heteroatoms. The number of benzene rings is 1. The third-order valence-corrected chi connectivity index (χ3v) is 3.21. The van der Waals surface area contributed by atoms with Crippen LogP contribution in [0.4, 0.5) is 0 Å². The van der Waals surface area contributed by atoms with Crippen LogP contribution in [0.1, 0.15) is 31.4 Å². The fourth-order valence-electron chi connectivity index (χ4n) is 2.00. The average molecular weight is 272 g/mol. The predicted molar refractivity (Wildman–Crippen MR) is 75.0 cm³/mol. The summed E-state index contributed by atoms with van der Waals surface area (Å²) < 4.78 is 5.16. The maximum absolute atomic E-state index is 9.04.